The highest BCUT2D eigenvalue weighted by Crippen LogP contribution is 2.42. The van der Waals surface area contributed by atoms with Gasteiger partial charge in [0.15, 0.2) is 11.4 Å². The van der Waals surface area contributed by atoms with Crippen LogP contribution >= 0.6 is 0 Å². The molecule has 6 rings (SSSR count). The lowest BCUT2D eigenvalue weighted by molar-refractivity contribution is -0.000544. The lowest BCUT2D eigenvalue weighted by Crippen LogP contribution is -2.52. The Bertz CT molecular complexity index is 1480. The van der Waals surface area contributed by atoms with Gasteiger partial charge in [-0.15, -0.1) is 0 Å². The Morgan fingerprint density at radius 3 is 2.71 bits per heavy atom. The number of benzene rings is 1. The maximum absolute atomic E-state index is 12.8. The van der Waals surface area contributed by atoms with Gasteiger partial charge < -0.3 is 24.3 Å². The number of nitrogens with one attached hydrogen (secondary N) is 1. The molecule has 5 heterocycles. The molecule has 1 spiro atoms. The molecule has 2 saturated heterocycles. The number of furan rings is 1. The Morgan fingerprint density at radius 1 is 1.11 bits per heavy atom. The van der Waals surface area contributed by atoms with E-state index in [1.807, 2.05) is 61.8 Å². The molecule has 2 aliphatic rings. The summed E-state index contributed by atoms with van der Waals surface area (Å²) in [7, 11) is 1.93. The normalized spacial score (nSPS) is 17.9. The highest BCUT2D eigenvalue weighted by molar-refractivity contribution is 5.87. The number of ether oxygens (including phenoxy) is 1. The van der Waals surface area contributed by atoms with Crippen LogP contribution in [0, 0.1) is 5.41 Å². The van der Waals surface area contributed by atoms with Crippen molar-refractivity contribution >= 4 is 45.5 Å². The monoisotopic (exact) mass is 517 g/mol. The molecule has 0 radical (unpaired) electrons. The molecule has 3 aromatic heterocycles. The van der Waals surface area contributed by atoms with E-state index in [1.54, 1.807) is 6.26 Å². The van der Waals surface area contributed by atoms with E-state index in [-0.39, 0.29) is 11.5 Å². The molecule has 1 aromatic carbocycles. The molecule has 1 amide bonds. The zero-order valence-electron chi connectivity index (χ0n) is 22.5. The summed E-state index contributed by atoms with van der Waals surface area (Å²) < 4.78 is 13.3. The van der Waals surface area contributed by atoms with Gasteiger partial charge in [0, 0.05) is 50.4 Å². The maximum atomic E-state index is 12.8. The van der Waals surface area contributed by atoms with Crippen LogP contribution in [0.5, 0.6) is 0 Å². The zero-order chi connectivity index (χ0) is 26.5. The average molecular weight is 518 g/mol. The van der Waals surface area contributed by atoms with Crippen LogP contribution in [-0.2, 0) is 11.8 Å². The van der Waals surface area contributed by atoms with E-state index in [4.69, 9.17) is 19.1 Å². The fraction of sp³-hybridized carbons (Fsp3) is 0.500. The van der Waals surface area contributed by atoms with Crippen molar-refractivity contribution in [1.29, 1.82) is 0 Å². The number of nitrogens with zero attached hydrogens (tertiary/aromatic N) is 6. The molecule has 10 heteroatoms. The van der Waals surface area contributed by atoms with Crippen LogP contribution in [0.3, 0.4) is 0 Å². The quantitative estimate of drug-likeness (QED) is 0.382. The molecule has 38 heavy (non-hydrogen) atoms. The highest BCUT2D eigenvalue weighted by atomic mass is 16.6. The van der Waals surface area contributed by atoms with E-state index in [1.165, 1.54) is 0 Å². The van der Waals surface area contributed by atoms with E-state index in [9.17, 15) is 4.79 Å². The molecular formula is C28H35N7O3. The summed E-state index contributed by atoms with van der Waals surface area (Å²) >= 11 is 0. The van der Waals surface area contributed by atoms with Crippen molar-refractivity contribution in [3.8, 4) is 0 Å². The van der Waals surface area contributed by atoms with Gasteiger partial charge in [0.25, 0.3) is 0 Å². The number of amides is 1. The molecule has 4 aromatic rings. The third kappa shape index (κ3) is 4.75. The summed E-state index contributed by atoms with van der Waals surface area (Å²) in [5.74, 6) is 1.34. The number of anilines is 3. The summed E-state index contributed by atoms with van der Waals surface area (Å²) in [5.41, 5.74) is 3.07. The van der Waals surface area contributed by atoms with Gasteiger partial charge >= 0.3 is 6.09 Å². The molecule has 0 unspecified atom stereocenters. The Hall–Kier alpha value is -3.82. The SMILES string of the molecule is Cn1ncc2cc(Nc3nc(N4CCC5(CCCN(C(=O)OC(C)(C)C)C5)CC4)c4occc4n3)ccc21. The van der Waals surface area contributed by atoms with Crippen molar-refractivity contribution in [1.82, 2.24) is 24.6 Å². The number of rotatable bonds is 3. The standard InChI is InChI=1S/C28H35N7O3/c1-27(2,3)38-26(36)35-12-5-9-28(18-35)10-13-34(14-11-28)24-23-21(8-15-37-23)31-25(32-24)30-20-6-7-22-19(16-20)17-29-33(22)4/h6-8,15-17H,5,9-14,18H2,1-4H3,(H,30,31,32). The first kappa shape index (κ1) is 24.5. The number of carbonyl (C=O) groups is 1. The average Bonchev–Trinajstić information content (AvgIpc) is 3.50. The van der Waals surface area contributed by atoms with E-state index in [2.05, 4.69) is 21.4 Å². The number of likely N-dealkylation sites (tertiary alicyclic amines) is 1. The van der Waals surface area contributed by atoms with E-state index in [0.717, 1.165) is 79.8 Å². The predicted molar refractivity (Wildman–Crippen MR) is 147 cm³/mol. The van der Waals surface area contributed by atoms with Crippen LogP contribution in [-0.4, -0.2) is 62.5 Å². The minimum atomic E-state index is -0.484. The van der Waals surface area contributed by atoms with Crippen LogP contribution in [0.25, 0.3) is 22.0 Å². The minimum absolute atomic E-state index is 0.112. The lowest BCUT2D eigenvalue weighted by atomic mass is 9.72. The van der Waals surface area contributed by atoms with Crippen molar-refractivity contribution in [2.24, 2.45) is 12.5 Å². The van der Waals surface area contributed by atoms with E-state index >= 15 is 0 Å². The molecular weight excluding hydrogens is 482 g/mol. The first-order valence-corrected chi connectivity index (χ1v) is 13.4. The lowest BCUT2D eigenvalue weighted by Gasteiger charge is -2.47. The Morgan fingerprint density at radius 2 is 1.92 bits per heavy atom. The van der Waals surface area contributed by atoms with Gasteiger partial charge in [0.05, 0.1) is 18.0 Å². The number of aryl methyl sites for hydroxylation is 1. The van der Waals surface area contributed by atoms with Gasteiger partial charge in [-0.2, -0.15) is 10.1 Å². The van der Waals surface area contributed by atoms with Crippen molar-refractivity contribution in [3.05, 3.63) is 36.7 Å². The smallest absolute Gasteiger partial charge is 0.410 e. The van der Waals surface area contributed by atoms with Crippen LogP contribution in [0.1, 0.15) is 46.5 Å². The highest BCUT2D eigenvalue weighted by Gasteiger charge is 2.41. The molecule has 0 atom stereocenters. The second-order valence-corrected chi connectivity index (χ2v) is 11.7. The van der Waals surface area contributed by atoms with Crippen LogP contribution < -0.4 is 10.2 Å². The topological polar surface area (TPSA) is 102 Å². The molecule has 10 nitrogen and oxygen atoms in total. The number of fused-ring (bicyclic) bond motifs is 2. The van der Waals surface area contributed by atoms with Crippen molar-refractivity contribution in [3.63, 3.8) is 0 Å². The number of piperidine rings is 2. The third-order valence-corrected chi connectivity index (χ3v) is 7.72. The molecule has 0 aliphatic carbocycles. The second-order valence-electron chi connectivity index (χ2n) is 11.7. The first-order chi connectivity index (χ1) is 18.2. The molecule has 0 saturated carbocycles. The number of hydrogen-bond acceptors (Lipinski definition) is 8. The number of aromatic nitrogens is 4. The maximum Gasteiger partial charge on any atom is 0.410 e. The van der Waals surface area contributed by atoms with Crippen molar-refractivity contribution in [2.75, 3.05) is 36.4 Å². The van der Waals surface area contributed by atoms with Crippen LogP contribution in [0.15, 0.2) is 41.1 Å². The summed E-state index contributed by atoms with van der Waals surface area (Å²) in [6, 6.07) is 7.98. The fourth-order valence-corrected chi connectivity index (χ4v) is 5.78. The Balaban J connectivity index is 1.19. The molecule has 2 fully saturated rings. The summed E-state index contributed by atoms with van der Waals surface area (Å²) in [6.07, 6.45) is 7.42. The van der Waals surface area contributed by atoms with Crippen molar-refractivity contribution in [2.45, 2.75) is 52.1 Å². The summed E-state index contributed by atoms with van der Waals surface area (Å²) in [5, 5.41) is 8.76. The largest absolute Gasteiger partial charge is 0.459 e. The van der Waals surface area contributed by atoms with E-state index in [0.29, 0.717) is 11.5 Å². The number of hydrogen-bond donors (Lipinski definition) is 1. The Kier molecular flexibility index (Phi) is 5.92. The third-order valence-electron chi connectivity index (χ3n) is 7.72. The van der Waals surface area contributed by atoms with Gasteiger partial charge in [-0.25, -0.2) is 9.78 Å². The van der Waals surface area contributed by atoms with Gasteiger partial charge in [0.1, 0.15) is 11.1 Å². The second kappa shape index (κ2) is 9.18. The van der Waals surface area contributed by atoms with E-state index < -0.39 is 5.60 Å². The van der Waals surface area contributed by atoms with Gasteiger partial charge in [-0.05, 0) is 70.1 Å². The summed E-state index contributed by atoms with van der Waals surface area (Å²) in [4.78, 5) is 26.5. The zero-order valence-corrected chi connectivity index (χ0v) is 22.5. The first-order valence-electron chi connectivity index (χ1n) is 13.4. The Labute approximate surface area is 221 Å². The van der Waals surface area contributed by atoms with Crippen LogP contribution in [0.2, 0.25) is 0 Å². The molecule has 0 bridgehead atoms. The predicted octanol–water partition coefficient (Wildman–Crippen LogP) is 5.47. The molecule has 1 N–H and O–H groups in total. The van der Waals surface area contributed by atoms with Gasteiger partial charge in [-0.3, -0.25) is 4.68 Å². The fourth-order valence-electron chi connectivity index (χ4n) is 5.78. The number of carbonyl (C=O) groups excluding carboxylic acids is 1. The molecule has 2 aliphatic heterocycles. The molecule has 200 valence electrons. The van der Waals surface area contributed by atoms with Crippen molar-refractivity contribution < 1.29 is 13.9 Å². The van der Waals surface area contributed by atoms with Gasteiger partial charge in [0.2, 0.25) is 5.95 Å². The van der Waals surface area contributed by atoms with Crippen LogP contribution in [0.4, 0.5) is 22.2 Å². The minimum Gasteiger partial charge on any atom is -0.459 e. The van der Waals surface area contributed by atoms with Gasteiger partial charge in [-0.1, -0.05) is 0 Å². The summed E-state index contributed by atoms with van der Waals surface area (Å²) in [6.45, 7) is 8.95.